The lowest BCUT2D eigenvalue weighted by atomic mass is 9.72. The van der Waals surface area contributed by atoms with Crippen LogP contribution in [0.2, 0.25) is 10.0 Å². The van der Waals surface area contributed by atoms with E-state index in [4.69, 9.17) is 28.2 Å². The van der Waals surface area contributed by atoms with Crippen LogP contribution in [0.25, 0.3) is 15.9 Å². The van der Waals surface area contributed by atoms with Crippen molar-refractivity contribution in [3.8, 4) is 5.69 Å². The van der Waals surface area contributed by atoms with Gasteiger partial charge in [0.2, 0.25) is 0 Å². The van der Waals surface area contributed by atoms with Gasteiger partial charge in [0.1, 0.15) is 4.83 Å². The van der Waals surface area contributed by atoms with Gasteiger partial charge >= 0.3 is 0 Å². The molecule has 2 heterocycles. The molecule has 0 saturated heterocycles. The number of rotatable bonds is 4. The zero-order chi connectivity index (χ0) is 24.0. The van der Waals surface area contributed by atoms with Crippen molar-refractivity contribution in [3.63, 3.8) is 0 Å². The van der Waals surface area contributed by atoms with E-state index in [1.54, 1.807) is 28.0 Å². The lowest BCUT2D eigenvalue weighted by Crippen LogP contribution is -2.27. The van der Waals surface area contributed by atoms with Crippen molar-refractivity contribution in [2.75, 3.05) is 0 Å². The smallest absolute Gasteiger partial charge is 0.267 e. The van der Waals surface area contributed by atoms with Gasteiger partial charge in [-0.05, 0) is 72.1 Å². The molecule has 0 aliphatic heterocycles. The van der Waals surface area contributed by atoms with Crippen LogP contribution in [0.5, 0.6) is 0 Å². The summed E-state index contributed by atoms with van der Waals surface area (Å²) in [6, 6.07) is 15.2. The summed E-state index contributed by atoms with van der Waals surface area (Å²) in [4.78, 5) is 21.2. The maximum absolute atomic E-state index is 14.0. The highest BCUT2D eigenvalue weighted by molar-refractivity contribution is 7.98. The molecular formula is C27H26Cl2N2OS2. The fraction of sp³-hybridized carbons (Fsp3) is 0.333. The lowest BCUT2D eigenvalue weighted by Gasteiger charge is -2.33. The van der Waals surface area contributed by atoms with Crippen molar-refractivity contribution < 1.29 is 0 Å². The summed E-state index contributed by atoms with van der Waals surface area (Å²) < 4.78 is 1.76. The second kappa shape index (κ2) is 9.34. The predicted molar refractivity (Wildman–Crippen MR) is 146 cm³/mol. The summed E-state index contributed by atoms with van der Waals surface area (Å²) in [6.45, 7) is 6.94. The van der Waals surface area contributed by atoms with E-state index < -0.39 is 0 Å². The summed E-state index contributed by atoms with van der Waals surface area (Å²) in [6.07, 6.45) is 3.07. The van der Waals surface area contributed by atoms with Gasteiger partial charge < -0.3 is 0 Å². The van der Waals surface area contributed by atoms with Gasteiger partial charge in [-0.2, -0.15) is 0 Å². The number of halogens is 2. The third-order valence-corrected chi connectivity index (χ3v) is 9.40. The molecule has 176 valence electrons. The molecule has 3 nitrogen and oxygen atoms in total. The highest BCUT2D eigenvalue weighted by Crippen LogP contribution is 2.42. The van der Waals surface area contributed by atoms with E-state index in [-0.39, 0.29) is 11.0 Å². The van der Waals surface area contributed by atoms with Crippen molar-refractivity contribution in [2.24, 2.45) is 11.3 Å². The number of hydrogen-bond donors (Lipinski definition) is 0. The lowest BCUT2D eigenvalue weighted by molar-refractivity contribution is 0.218. The second-order valence-electron chi connectivity index (χ2n) is 9.88. The maximum atomic E-state index is 14.0. The zero-order valence-corrected chi connectivity index (χ0v) is 22.5. The summed E-state index contributed by atoms with van der Waals surface area (Å²) in [5.74, 6) is 1.18. The van der Waals surface area contributed by atoms with E-state index in [0.717, 1.165) is 40.7 Å². The molecule has 1 aliphatic carbocycles. The first-order chi connectivity index (χ1) is 16.2. The number of hydrogen-bond acceptors (Lipinski definition) is 4. The van der Waals surface area contributed by atoms with Crippen LogP contribution in [-0.2, 0) is 18.6 Å². The van der Waals surface area contributed by atoms with Crippen molar-refractivity contribution in [1.82, 2.24) is 9.55 Å². The quantitative estimate of drug-likeness (QED) is 0.197. The standard InChI is InChI=1S/C27H26Cl2N2OS2/c1-27(2,3)17-9-11-20-22(14-17)34-24-23(20)25(32)31(19-7-5-4-6-8-19)26(30-24)33-15-16-13-18(28)10-12-21(16)29/h4-8,10,12-13,17H,9,11,14-15H2,1-3H3/t17-/m1/s1. The molecular weight excluding hydrogens is 503 g/mol. The molecule has 5 rings (SSSR count). The summed E-state index contributed by atoms with van der Waals surface area (Å²) in [5.41, 5.74) is 3.22. The first kappa shape index (κ1) is 23.9. The predicted octanol–water partition coefficient (Wildman–Crippen LogP) is 8.20. The first-order valence-electron chi connectivity index (χ1n) is 11.4. The van der Waals surface area contributed by atoms with Crippen LogP contribution in [0.15, 0.2) is 58.5 Å². The van der Waals surface area contributed by atoms with Gasteiger partial charge in [-0.3, -0.25) is 9.36 Å². The van der Waals surface area contributed by atoms with Crippen LogP contribution in [0.3, 0.4) is 0 Å². The van der Waals surface area contributed by atoms with E-state index >= 15 is 0 Å². The fourth-order valence-electron chi connectivity index (χ4n) is 4.64. The molecule has 0 bridgehead atoms. The molecule has 2 aromatic carbocycles. The first-order valence-corrected chi connectivity index (χ1v) is 14.0. The monoisotopic (exact) mass is 528 g/mol. The van der Waals surface area contributed by atoms with Crippen LogP contribution in [0.1, 0.15) is 43.2 Å². The fourth-order valence-corrected chi connectivity index (χ4v) is 7.45. The molecule has 7 heteroatoms. The van der Waals surface area contributed by atoms with E-state index in [0.29, 0.717) is 26.9 Å². The maximum Gasteiger partial charge on any atom is 0.267 e. The Morgan fingerprint density at radius 2 is 1.91 bits per heavy atom. The number of thioether (sulfide) groups is 1. The average molecular weight is 530 g/mol. The molecule has 0 N–H and O–H groups in total. The van der Waals surface area contributed by atoms with Crippen LogP contribution in [0.4, 0.5) is 0 Å². The van der Waals surface area contributed by atoms with Gasteiger partial charge in [0.15, 0.2) is 5.16 Å². The number of fused-ring (bicyclic) bond motifs is 3. The second-order valence-corrected chi connectivity index (χ2v) is 12.8. The number of nitrogens with zero attached hydrogens (tertiary/aromatic N) is 2. The molecule has 0 amide bonds. The van der Waals surface area contributed by atoms with Gasteiger partial charge in [0, 0.05) is 20.7 Å². The third-order valence-electron chi connectivity index (χ3n) is 6.66. The number of para-hydroxylation sites is 1. The Balaban J connectivity index is 1.63. The van der Waals surface area contributed by atoms with Gasteiger partial charge in [-0.25, -0.2) is 4.98 Å². The minimum atomic E-state index is 0.0163. The van der Waals surface area contributed by atoms with E-state index in [9.17, 15) is 4.79 Å². The Morgan fingerprint density at radius 3 is 2.65 bits per heavy atom. The number of aryl methyl sites for hydroxylation is 1. The van der Waals surface area contributed by atoms with Gasteiger partial charge in [0.05, 0.1) is 11.1 Å². The zero-order valence-electron chi connectivity index (χ0n) is 19.4. The van der Waals surface area contributed by atoms with Crippen LogP contribution >= 0.6 is 46.3 Å². The number of thiophene rings is 1. The van der Waals surface area contributed by atoms with Crippen molar-refractivity contribution in [2.45, 2.75) is 50.9 Å². The average Bonchev–Trinajstić information content (AvgIpc) is 3.17. The molecule has 1 aliphatic rings. The molecule has 0 unspecified atom stereocenters. The molecule has 4 aromatic rings. The Labute approximate surface area is 218 Å². The van der Waals surface area contributed by atoms with Crippen molar-refractivity contribution >= 4 is 56.5 Å². The van der Waals surface area contributed by atoms with Crippen LogP contribution in [0, 0.1) is 11.3 Å². The molecule has 0 saturated carbocycles. The number of benzene rings is 2. The Bertz CT molecular complexity index is 1420. The Hall–Kier alpha value is -1.79. The SMILES string of the molecule is CC(C)(C)[C@@H]1CCc2c(sc3nc(SCc4cc(Cl)ccc4Cl)n(-c4ccccc4)c(=O)c23)C1. The van der Waals surface area contributed by atoms with E-state index in [1.165, 1.54) is 22.2 Å². The summed E-state index contributed by atoms with van der Waals surface area (Å²) >= 11 is 15.8. The van der Waals surface area contributed by atoms with Crippen LogP contribution < -0.4 is 5.56 Å². The van der Waals surface area contributed by atoms with Gasteiger partial charge in [-0.1, -0.05) is 73.9 Å². The third kappa shape index (κ3) is 4.56. The Kier molecular flexibility index (Phi) is 6.58. The molecule has 0 fully saturated rings. The Morgan fingerprint density at radius 1 is 1.15 bits per heavy atom. The minimum Gasteiger partial charge on any atom is -0.268 e. The molecule has 0 radical (unpaired) electrons. The van der Waals surface area contributed by atoms with Crippen molar-refractivity contribution in [3.05, 3.63) is 84.9 Å². The van der Waals surface area contributed by atoms with Gasteiger partial charge in [-0.15, -0.1) is 11.3 Å². The molecule has 2 aromatic heterocycles. The normalized spacial score (nSPS) is 16.1. The minimum absolute atomic E-state index is 0.0163. The molecule has 1 atom stereocenters. The number of aromatic nitrogens is 2. The van der Waals surface area contributed by atoms with E-state index in [1.807, 2.05) is 36.4 Å². The topological polar surface area (TPSA) is 34.9 Å². The highest BCUT2D eigenvalue weighted by Gasteiger charge is 2.32. The summed E-state index contributed by atoms with van der Waals surface area (Å²) in [7, 11) is 0. The summed E-state index contributed by atoms with van der Waals surface area (Å²) in [5, 5.41) is 2.77. The van der Waals surface area contributed by atoms with Crippen LogP contribution in [-0.4, -0.2) is 9.55 Å². The van der Waals surface area contributed by atoms with Crippen molar-refractivity contribution in [1.29, 1.82) is 0 Å². The largest absolute Gasteiger partial charge is 0.268 e. The molecule has 0 spiro atoms. The van der Waals surface area contributed by atoms with E-state index in [2.05, 4.69) is 20.8 Å². The van der Waals surface area contributed by atoms with Gasteiger partial charge in [0.25, 0.3) is 5.56 Å². The highest BCUT2D eigenvalue weighted by atomic mass is 35.5. The molecule has 34 heavy (non-hydrogen) atoms.